The largest absolute Gasteiger partial charge is 0.455 e. The highest BCUT2D eigenvalue weighted by atomic mass is 32.2. The van der Waals surface area contributed by atoms with Gasteiger partial charge in [-0.3, -0.25) is 9.48 Å². The van der Waals surface area contributed by atoms with E-state index in [0.717, 1.165) is 22.0 Å². The number of nitrogens with one attached hydrogen (secondary N) is 1. The van der Waals surface area contributed by atoms with Crippen LogP contribution >= 0.6 is 11.8 Å². The molecule has 0 unspecified atom stereocenters. The molecular formula is C21H21N5O2S. The molecule has 0 aliphatic carbocycles. The summed E-state index contributed by atoms with van der Waals surface area (Å²) in [6, 6.07) is 13.5. The van der Waals surface area contributed by atoms with E-state index in [1.165, 1.54) is 0 Å². The molecule has 8 heteroatoms. The average molecular weight is 407 g/mol. The van der Waals surface area contributed by atoms with Gasteiger partial charge in [0.15, 0.2) is 10.9 Å². The van der Waals surface area contributed by atoms with E-state index in [1.807, 2.05) is 59.0 Å². The summed E-state index contributed by atoms with van der Waals surface area (Å²) in [5.41, 5.74) is 2.16. The van der Waals surface area contributed by atoms with Gasteiger partial charge in [-0.05, 0) is 29.3 Å². The summed E-state index contributed by atoms with van der Waals surface area (Å²) in [6.45, 7) is 1.13. The van der Waals surface area contributed by atoms with E-state index in [2.05, 4.69) is 21.5 Å². The molecule has 0 aliphatic heterocycles. The van der Waals surface area contributed by atoms with E-state index in [1.54, 1.807) is 30.2 Å². The highest BCUT2D eigenvalue weighted by molar-refractivity contribution is 7.98. The lowest BCUT2D eigenvalue weighted by molar-refractivity contribution is 0.0921. The highest BCUT2D eigenvalue weighted by Gasteiger charge is 2.12. The van der Waals surface area contributed by atoms with Crippen molar-refractivity contribution in [3.63, 3.8) is 0 Å². The number of carbonyl (C=O) groups excluding carboxylic acids is 1. The van der Waals surface area contributed by atoms with E-state index in [0.29, 0.717) is 24.6 Å². The van der Waals surface area contributed by atoms with Gasteiger partial charge in [0.2, 0.25) is 0 Å². The van der Waals surface area contributed by atoms with Crippen molar-refractivity contribution in [2.75, 3.05) is 0 Å². The molecule has 0 saturated carbocycles. The van der Waals surface area contributed by atoms with Crippen LogP contribution in [0.15, 0.2) is 76.8 Å². The summed E-state index contributed by atoms with van der Waals surface area (Å²) < 4.78 is 9.50. The third-order valence-electron chi connectivity index (χ3n) is 4.35. The maximum absolute atomic E-state index is 12.4. The summed E-state index contributed by atoms with van der Waals surface area (Å²) >= 11 is 1.56. The third-order valence-corrected chi connectivity index (χ3v) is 5.43. The fourth-order valence-electron chi connectivity index (χ4n) is 2.89. The van der Waals surface area contributed by atoms with Gasteiger partial charge in [0.25, 0.3) is 5.91 Å². The summed E-state index contributed by atoms with van der Waals surface area (Å²) in [5, 5.41) is 8.04. The first kappa shape index (κ1) is 19.1. The average Bonchev–Trinajstić information content (AvgIpc) is 3.47. The van der Waals surface area contributed by atoms with Crippen LogP contribution in [-0.4, -0.2) is 25.2 Å². The minimum atomic E-state index is -0.226. The topological polar surface area (TPSA) is 77.9 Å². The molecule has 0 aliphatic rings. The van der Waals surface area contributed by atoms with Crippen molar-refractivity contribution in [2.45, 2.75) is 24.0 Å². The second kappa shape index (κ2) is 8.83. The number of imidazole rings is 1. The molecular weight excluding hydrogens is 386 g/mol. The molecule has 1 amide bonds. The number of thioether (sulfide) groups is 1. The Morgan fingerprint density at radius 1 is 1.14 bits per heavy atom. The van der Waals surface area contributed by atoms with Crippen LogP contribution < -0.4 is 5.32 Å². The number of hydrogen-bond acceptors (Lipinski definition) is 5. The minimum Gasteiger partial charge on any atom is -0.455 e. The quantitative estimate of drug-likeness (QED) is 0.453. The van der Waals surface area contributed by atoms with Crippen LogP contribution in [0.3, 0.4) is 0 Å². The van der Waals surface area contributed by atoms with Crippen molar-refractivity contribution in [3.8, 4) is 0 Å². The SMILES string of the molecule is Cn1ccnc1SCc1ccc(C(=O)NCc2cccc(Cn3cccn3)c2)o1. The van der Waals surface area contributed by atoms with E-state index >= 15 is 0 Å². The van der Waals surface area contributed by atoms with Crippen molar-refractivity contribution >= 4 is 17.7 Å². The Hall–Kier alpha value is -3.26. The number of nitrogens with zero attached hydrogens (tertiary/aromatic N) is 4. The summed E-state index contributed by atoms with van der Waals surface area (Å²) in [5.74, 6) is 1.45. The number of aryl methyl sites for hydroxylation is 1. The van der Waals surface area contributed by atoms with Crippen molar-refractivity contribution in [1.82, 2.24) is 24.6 Å². The Labute approximate surface area is 172 Å². The van der Waals surface area contributed by atoms with Gasteiger partial charge < -0.3 is 14.3 Å². The summed E-state index contributed by atoms with van der Waals surface area (Å²) in [7, 11) is 1.94. The smallest absolute Gasteiger partial charge is 0.287 e. The van der Waals surface area contributed by atoms with Gasteiger partial charge in [-0.2, -0.15) is 5.10 Å². The van der Waals surface area contributed by atoms with Crippen LogP contribution in [0.2, 0.25) is 0 Å². The van der Waals surface area contributed by atoms with Gasteiger partial charge in [0, 0.05) is 38.4 Å². The Kier molecular flexibility index (Phi) is 5.81. The van der Waals surface area contributed by atoms with E-state index < -0.39 is 0 Å². The Morgan fingerprint density at radius 2 is 2.03 bits per heavy atom. The van der Waals surface area contributed by atoms with Gasteiger partial charge in [0.05, 0.1) is 12.3 Å². The molecule has 3 aromatic heterocycles. The number of hydrogen-bond donors (Lipinski definition) is 1. The molecule has 148 valence electrons. The predicted molar refractivity (Wildman–Crippen MR) is 110 cm³/mol. The zero-order valence-electron chi connectivity index (χ0n) is 16.0. The number of furan rings is 1. The highest BCUT2D eigenvalue weighted by Crippen LogP contribution is 2.22. The molecule has 0 atom stereocenters. The lowest BCUT2D eigenvalue weighted by Crippen LogP contribution is -2.22. The molecule has 0 spiro atoms. The first-order valence-corrected chi connectivity index (χ1v) is 10.2. The van der Waals surface area contributed by atoms with Crippen LogP contribution in [0.1, 0.15) is 27.4 Å². The monoisotopic (exact) mass is 407 g/mol. The molecule has 0 bridgehead atoms. The Bertz CT molecular complexity index is 1080. The van der Waals surface area contributed by atoms with Gasteiger partial charge >= 0.3 is 0 Å². The fraction of sp³-hybridized carbons (Fsp3) is 0.190. The van der Waals surface area contributed by atoms with Crippen molar-refractivity contribution in [3.05, 3.63) is 89.9 Å². The molecule has 7 nitrogen and oxygen atoms in total. The minimum absolute atomic E-state index is 0.226. The van der Waals surface area contributed by atoms with Crippen molar-refractivity contribution in [2.24, 2.45) is 7.05 Å². The van der Waals surface area contributed by atoms with Crippen LogP contribution in [0.25, 0.3) is 0 Å². The van der Waals surface area contributed by atoms with Crippen LogP contribution in [0, 0.1) is 0 Å². The molecule has 0 radical (unpaired) electrons. The molecule has 1 N–H and O–H groups in total. The fourth-order valence-corrected chi connectivity index (χ4v) is 3.72. The predicted octanol–water partition coefficient (Wildman–Crippen LogP) is 3.48. The number of aromatic nitrogens is 4. The molecule has 0 fully saturated rings. The molecule has 29 heavy (non-hydrogen) atoms. The van der Waals surface area contributed by atoms with Gasteiger partial charge in [-0.15, -0.1) is 0 Å². The number of rotatable bonds is 8. The zero-order valence-corrected chi connectivity index (χ0v) is 16.8. The number of carbonyl (C=O) groups is 1. The van der Waals surface area contributed by atoms with Crippen LogP contribution in [0.5, 0.6) is 0 Å². The van der Waals surface area contributed by atoms with E-state index in [9.17, 15) is 4.79 Å². The molecule has 4 aromatic rings. The number of amides is 1. The van der Waals surface area contributed by atoms with E-state index in [4.69, 9.17) is 4.42 Å². The van der Waals surface area contributed by atoms with Gasteiger partial charge in [0.1, 0.15) is 5.76 Å². The lowest BCUT2D eigenvalue weighted by atomic mass is 10.1. The summed E-state index contributed by atoms with van der Waals surface area (Å²) in [6.07, 6.45) is 7.34. The first-order chi connectivity index (χ1) is 14.2. The maximum atomic E-state index is 12.4. The molecule has 0 saturated heterocycles. The first-order valence-electron chi connectivity index (χ1n) is 9.19. The standard InChI is InChI=1S/C21H21N5O2S/c1-25-11-9-22-21(25)29-15-18-6-7-19(28-18)20(27)23-13-16-4-2-5-17(12-16)14-26-10-3-8-24-26/h2-12H,13-15H2,1H3,(H,23,27). The van der Waals surface area contributed by atoms with Crippen LogP contribution in [-0.2, 0) is 25.9 Å². The van der Waals surface area contributed by atoms with Crippen molar-refractivity contribution in [1.29, 1.82) is 0 Å². The van der Waals surface area contributed by atoms with Crippen LogP contribution in [0.4, 0.5) is 0 Å². The van der Waals surface area contributed by atoms with E-state index in [-0.39, 0.29) is 5.91 Å². The number of benzene rings is 1. The Balaban J connectivity index is 1.31. The Morgan fingerprint density at radius 3 is 2.83 bits per heavy atom. The van der Waals surface area contributed by atoms with Crippen molar-refractivity contribution < 1.29 is 9.21 Å². The third kappa shape index (κ3) is 4.97. The lowest BCUT2D eigenvalue weighted by Gasteiger charge is -2.07. The van der Waals surface area contributed by atoms with Gasteiger partial charge in [-0.1, -0.05) is 36.0 Å². The molecule has 3 heterocycles. The normalized spacial score (nSPS) is 10.9. The zero-order chi connectivity index (χ0) is 20.1. The maximum Gasteiger partial charge on any atom is 0.287 e. The van der Waals surface area contributed by atoms with Gasteiger partial charge in [-0.25, -0.2) is 4.98 Å². The molecule has 1 aromatic carbocycles. The second-order valence-corrected chi connectivity index (χ2v) is 7.52. The summed E-state index contributed by atoms with van der Waals surface area (Å²) in [4.78, 5) is 16.7. The molecule has 4 rings (SSSR count). The second-order valence-electron chi connectivity index (χ2n) is 6.58.